The van der Waals surface area contributed by atoms with E-state index in [4.69, 9.17) is 23.2 Å². The molecule has 258 valence electrons. The highest BCUT2D eigenvalue weighted by Gasteiger charge is 2.20. The summed E-state index contributed by atoms with van der Waals surface area (Å²) in [6.45, 7) is 0. The zero-order valence-corrected chi connectivity index (χ0v) is 29.3. The topological polar surface area (TPSA) is 43.6 Å². The van der Waals surface area contributed by atoms with Crippen molar-refractivity contribution in [1.29, 1.82) is 0 Å². The van der Waals surface area contributed by atoms with Crippen LogP contribution >= 0.6 is 0 Å². The van der Waals surface area contributed by atoms with E-state index in [1.807, 2.05) is 103 Å². The van der Waals surface area contributed by atoms with Gasteiger partial charge in [0.05, 0.1) is 27.7 Å². The maximum absolute atomic E-state index is 9.22. The van der Waals surface area contributed by atoms with Crippen molar-refractivity contribution in [3.8, 4) is 73.2 Å². The number of hydrogen-bond donors (Lipinski definition) is 0. The number of hydrogen-bond acceptors (Lipinski definition) is 3. The highest BCUT2D eigenvalue weighted by molar-refractivity contribution is 6.09. The molecule has 55 heavy (non-hydrogen) atoms. The van der Waals surface area contributed by atoms with Crippen molar-refractivity contribution in [2.24, 2.45) is 0 Å². The molecule has 0 saturated heterocycles. The Labute approximate surface area is 331 Å². The summed E-state index contributed by atoms with van der Waals surface area (Å²) in [5, 5.41) is -0.0352. The second-order valence-corrected chi connectivity index (χ2v) is 13.1. The first-order valence-corrected chi connectivity index (χ1v) is 17.9. The van der Waals surface area contributed by atoms with Crippen molar-refractivity contribution < 1.29 is 11.0 Å². The molecular weight excluding hydrogens is 669 g/mol. The molecule has 2 heterocycles. The van der Waals surface area contributed by atoms with Crippen LogP contribution in [0.3, 0.4) is 0 Å². The SMILES string of the molecule is [2H]c1c([2H])c([2H])c2c(c1[2H])c1c([2H])c([2H])c([2H])c([2H])c1n2-c1ccc(-c2ccc(-c3ccc(-c4ccccc4)cc3)cc2)cc1-c1nc(-c2ccccc2)nc(-c2ccccc2)n1. The van der Waals surface area contributed by atoms with Crippen LogP contribution in [0.1, 0.15) is 11.0 Å². The quantitative estimate of drug-likeness (QED) is 0.165. The van der Waals surface area contributed by atoms with Gasteiger partial charge in [-0.15, -0.1) is 0 Å². The smallest absolute Gasteiger partial charge is 0.166 e. The summed E-state index contributed by atoms with van der Waals surface area (Å²) in [6, 6.07) is 47.8. The van der Waals surface area contributed by atoms with Crippen LogP contribution in [0.4, 0.5) is 0 Å². The fraction of sp³-hybridized carbons (Fsp3) is 0. The maximum atomic E-state index is 9.22. The third-order valence-electron chi connectivity index (χ3n) is 9.75. The van der Waals surface area contributed by atoms with Crippen LogP contribution in [0.15, 0.2) is 206 Å². The average molecular weight is 711 g/mol. The molecule has 0 radical (unpaired) electrons. The third-order valence-corrected chi connectivity index (χ3v) is 9.75. The Balaban J connectivity index is 1.23. The molecule has 0 unspecified atom stereocenters. The number of aromatic nitrogens is 4. The largest absolute Gasteiger partial charge is 0.309 e. The van der Waals surface area contributed by atoms with Gasteiger partial charge in [-0.3, -0.25) is 0 Å². The molecule has 0 saturated carbocycles. The molecule has 8 aromatic carbocycles. The first kappa shape index (κ1) is 24.7. The van der Waals surface area contributed by atoms with Crippen LogP contribution in [0.25, 0.3) is 95.0 Å². The monoisotopic (exact) mass is 710 g/mol. The normalized spacial score (nSPS) is 13.3. The molecule has 4 nitrogen and oxygen atoms in total. The lowest BCUT2D eigenvalue weighted by molar-refractivity contribution is 1.06. The summed E-state index contributed by atoms with van der Waals surface area (Å²) in [4.78, 5) is 15.0. The number of rotatable bonds is 7. The van der Waals surface area contributed by atoms with Crippen molar-refractivity contribution in [3.05, 3.63) is 206 Å². The first-order chi connectivity index (χ1) is 30.6. The van der Waals surface area contributed by atoms with E-state index in [9.17, 15) is 2.74 Å². The van der Waals surface area contributed by atoms with Crippen LogP contribution in [-0.2, 0) is 0 Å². The van der Waals surface area contributed by atoms with Gasteiger partial charge in [0, 0.05) is 27.5 Å². The van der Waals surface area contributed by atoms with E-state index in [-0.39, 0.29) is 27.6 Å². The van der Waals surface area contributed by atoms with Crippen molar-refractivity contribution in [3.63, 3.8) is 0 Å². The zero-order valence-electron chi connectivity index (χ0n) is 37.3. The van der Waals surface area contributed by atoms with Gasteiger partial charge in [0.2, 0.25) is 0 Å². The Morgan fingerprint density at radius 3 is 1.18 bits per heavy atom. The zero-order chi connectivity index (χ0) is 43.5. The molecule has 0 aliphatic rings. The van der Waals surface area contributed by atoms with E-state index in [1.165, 1.54) is 4.57 Å². The molecule has 0 spiro atoms. The summed E-state index contributed by atoms with van der Waals surface area (Å²) < 4.78 is 72.6. The molecule has 2 aromatic heterocycles. The van der Waals surface area contributed by atoms with Gasteiger partial charge >= 0.3 is 0 Å². The number of benzene rings is 8. The lowest BCUT2D eigenvalue weighted by atomic mass is 9.97. The summed E-state index contributed by atoms with van der Waals surface area (Å²) in [7, 11) is 0. The van der Waals surface area contributed by atoms with E-state index >= 15 is 0 Å². The molecule has 0 amide bonds. The lowest BCUT2D eigenvalue weighted by Gasteiger charge is -2.16. The molecule has 0 fully saturated rings. The molecule has 0 atom stereocenters. The molecule has 10 aromatic rings. The van der Waals surface area contributed by atoms with Crippen LogP contribution in [0, 0.1) is 0 Å². The van der Waals surface area contributed by atoms with E-state index in [1.54, 1.807) is 6.07 Å². The van der Waals surface area contributed by atoms with Crippen molar-refractivity contribution in [1.82, 2.24) is 19.5 Å². The minimum absolute atomic E-state index is 0.000239. The van der Waals surface area contributed by atoms with Crippen molar-refractivity contribution in [2.75, 3.05) is 0 Å². The Hall–Kier alpha value is -7.43. The summed E-state index contributed by atoms with van der Waals surface area (Å²) in [5.41, 5.74) is 8.27. The standard InChI is InChI=1S/C51H34N4/c1-4-14-35(15-5-1)36-24-26-37(27-25-36)38-28-30-39(31-29-38)42-32-33-48(55-46-22-12-10-20-43(46)44-21-11-13-23-47(44)55)45(34-42)51-53-49(40-16-6-2-7-17-40)52-50(54-51)41-18-8-3-9-19-41/h1-34H/i10D,11D,12D,13D,20D,21D,22D,23D. The summed E-state index contributed by atoms with van der Waals surface area (Å²) in [6.07, 6.45) is 0. The van der Waals surface area contributed by atoms with Crippen LogP contribution in [0.2, 0.25) is 0 Å². The maximum Gasteiger partial charge on any atom is 0.166 e. The summed E-state index contributed by atoms with van der Waals surface area (Å²) in [5.74, 6) is 1.03. The third kappa shape index (κ3) is 6.06. The average Bonchev–Trinajstić information content (AvgIpc) is 3.71. The van der Waals surface area contributed by atoms with E-state index < -0.39 is 48.3 Å². The van der Waals surface area contributed by atoms with Crippen molar-refractivity contribution in [2.45, 2.75) is 0 Å². The van der Waals surface area contributed by atoms with Gasteiger partial charge in [0.1, 0.15) is 0 Å². The van der Waals surface area contributed by atoms with Gasteiger partial charge in [-0.25, -0.2) is 15.0 Å². The fourth-order valence-corrected chi connectivity index (χ4v) is 7.02. The molecule has 0 aliphatic carbocycles. The molecule has 0 N–H and O–H groups in total. The highest BCUT2D eigenvalue weighted by Crippen LogP contribution is 2.38. The van der Waals surface area contributed by atoms with Gasteiger partial charge < -0.3 is 4.57 Å². The molecule has 0 bridgehead atoms. The minimum Gasteiger partial charge on any atom is -0.309 e. The second-order valence-electron chi connectivity index (χ2n) is 13.1. The van der Waals surface area contributed by atoms with Gasteiger partial charge in [-0.05, 0) is 57.6 Å². The Kier molecular flexibility index (Phi) is 6.23. The fourth-order valence-electron chi connectivity index (χ4n) is 7.02. The van der Waals surface area contributed by atoms with E-state index in [0.29, 0.717) is 22.9 Å². The number of para-hydroxylation sites is 2. The summed E-state index contributed by atoms with van der Waals surface area (Å²) >= 11 is 0. The van der Waals surface area contributed by atoms with Gasteiger partial charge in [-0.2, -0.15) is 0 Å². The van der Waals surface area contributed by atoms with E-state index in [0.717, 1.165) is 44.5 Å². The van der Waals surface area contributed by atoms with Gasteiger partial charge in [-0.1, -0.05) is 182 Å². The molecule has 4 heteroatoms. The second kappa shape index (κ2) is 13.8. The van der Waals surface area contributed by atoms with E-state index in [2.05, 4.69) is 48.5 Å². The van der Waals surface area contributed by atoms with Gasteiger partial charge in [0.25, 0.3) is 0 Å². The van der Waals surface area contributed by atoms with Gasteiger partial charge in [0.15, 0.2) is 17.5 Å². The Bertz CT molecular complexity index is 3260. The Morgan fingerprint density at radius 1 is 0.345 bits per heavy atom. The molecular formula is C51H34N4. The van der Waals surface area contributed by atoms with Crippen LogP contribution in [0.5, 0.6) is 0 Å². The number of fused-ring (bicyclic) bond motifs is 3. The minimum atomic E-state index is -0.511. The lowest BCUT2D eigenvalue weighted by Crippen LogP contribution is -2.04. The predicted molar refractivity (Wildman–Crippen MR) is 227 cm³/mol. The van der Waals surface area contributed by atoms with Crippen LogP contribution in [-0.4, -0.2) is 19.5 Å². The molecule has 10 rings (SSSR count). The van der Waals surface area contributed by atoms with Crippen LogP contribution < -0.4 is 0 Å². The molecule has 0 aliphatic heterocycles. The first-order valence-electron chi connectivity index (χ1n) is 21.9. The van der Waals surface area contributed by atoms with Crippen molar-refractivity contribution >= 4 is 21.8 Å². The Morgan fingerprint density at radius 2 is 0.709 bits per heavy atom. The number of nitrogens with zero attached hydrogens (tertiary/aromatic N) is 4. The predicted octanol–water partition coefficient (Wildman–Crippen LogP) is 13.0. The highest BCUT2D eigenvalue weighted by atomic mass is 15.1.